The Hall–Kier alpha value is -0.750. The molecule has 1 atom stereocenters. The predicted octanol–water partition coefficient (Wildman–Crippen LogP) is 2.39. The van der Waals surface area contributed by atoms with Gasteiger partial charge in [0.1, 0.15) is 12.0 Å². The third-order valence-electron chi connectivity index (χ3n) is 4.09. The van der Waals surface area contributed by atoms with Gasteiger partial charge in [-0.1, -0.05) is 13.8 Å². The fraction of sp³-hybridized carbons (Fsp3) is 0.667. The number of carbonyl (C=O) groups is 1. The molecule has 1 fully saturated rings. The zero-order chi connectivity index (χ0) is 14.5. The van der Waals surface area contributed by atoms with E-state index in [2.05, 4.69) is 18.7 Å². The van der Waals surface area contributed by atoms with Gasteiger partial charge in [-0.3, -0.25) is 4.79 Å². The molecule has 1 aromatic heterocycles. The van der Waals surface area contributed by atoms with Crippen molar-refractivity contribution in [1.82, 2.24) is 9.80 Å². The first-order valence-electron chi connectivity index (χ1n) is 7.47. The minimum Gasteiger partial charge on any atom is -0.467 e. The van der Waals surface area contributed by atoms with Gasteiger partial charge in [-0.2, -0.15) is 0 Å². The molecule has 1 amide bonds. The normalized spacial score (nSPS) is 17.3. The molecule has 22 heavy (non-hydrogen) atoms. The minimum absolute atomic E-state index is 0. The summed E-state index contributed by atoms with van der Waals surface area (Å²) in [5.41, 5.74) is 6.12. The molecule has 0 aliphatic carbocycles. The number of halogens is 2. The van der Waals surface area contributed by atoms with Crippen LogP contribution in [0.15, 0.2) is 16.7 Å². The third kappa shape index (κ3) is 5.16. The number of rotatable bonds is 6. The first kappa shape index (κ1) is 21.2. The van der Waals surface area contributed by atoms with Gasteiger partial charge < -0.3 is 20.0 Å². The van der Waals surface area contributed by atoms with E-state index < -0.39 is 0 Å². The number of likely N-dealkylation sites (tertiary alicyclic amines) is 1. The average Bonchev–Trinajstić information content (AvgIpc) is 3.13. The fourth-order valence-electron chi connectivity index (χ4n) is 2.80. The van der Waals surface area contributed by atoms with Crippen LogP contribution in [0.25, 0.3) is 0 Å². The van der Waals surface area contributed by atoms with E-state index in [9.17, 15) is 4.79 Å². The van der Waals surface area contributed by atoms with E-state index in [4.69, 9.17) is 10.2 Å². The van der Waals surface area contributed by atoms with Crippen LogP contribution in [0.3, 0.4) is 0 Å². The summed E-state index contributed by atoms with van der Waals surface area (Å²) >= 11 is 0. The van der Waals surface area contributed by atoms with Gasteiger partial charge in [0.2, 0.25) is 0 Å². The van der Waals surface area contributed by atoms with E-state index >= 15 is 0 Å². The molecule has 2 rings (SSSR count). The van der Waals surface area contributed by atoms with Crippen molar-refractivity contribution in [2.75, 3.05) is 32.7 Å². The Morgan fingerprint density at radius 1 is 1.41 bits per heavy atom. The second-order valence-electron chi connectivity index (χ2n) is 5.40. The van der Waals surface area contributed by atoms with Gasteiger partial charge >= 0.3 is 0 Å². The van der Waals surface area contributed by atoms with Gasteiger partial charge in [0.25, 0.3) is 5.91 Å². The molecule has 2 heterocycles. The molecular formula is C15H27Cl2N3O2. The lowest BCUT2D eigenvalue weighted by Gasteiger charge is -2.22. The summed E-state index contributed by atoms with van der Waals surface area (Å²) in [5.74, 6) is 1.31. The van der Waals surface area contributed by atoms with Gasteiger partial charge in [0.15, 0.2) is 0 Å². The van der Waals surface area contributed by atoms with Crippen molar-refractivity contribution in [1.29, 1.82) is 0 Å². The molecule has 1 aromatic rings. The van der Waals surface area contributed by atoms with Crippen molar-refractivity contribution in [3.05, 3.63) is 23.7 Å². The van der Waals surface area contributed by atoms with Crippen molar-refractivity contribution < 1.29 is 9.21 Å². The maximum absolute atomic E-state index is 12.4. The summed E-state index contributed by atoms with van der Waals surface area (Å²) in [6.07, 6.45) is 2.60. The Morgan fingerprint density at radius 3 is 2.64 bits per heavy atom. The van der Waals surface area contributed by atoms with Crippen molar-refractivity contribution in [3.8, 4) is 0 Å². The summed E-state index contributed by atoms with van der Waals surface area (Å²) in [6.45, 7) is 9.61. The van der Waals surface area contributed by atoms with E-state index in [0.29, 0.717) is 23.8 Å². The molecular weight excluding hydrogens is 325 g/mol. The molecule has 1 aliphatic heterocycles. The van der Waals surface area contributed by atoms with Crippen LogP contribution in [0.5, 0.6) is 0 Å². The van der Waals surface area contributed by atoms with Gasteiger partial charge in [-0.25, -0.2) is 0 Å². The van der Waals surface area contributed by atoms with Crippen molar-refractivity contribution in [2.24, 2.45) is 11.7 Å². The standard InChI is InChI=1S/C15H25N3O2.2ClH/c1-3-17(4-2)9-12-5-6-18(10-12)15(19)13-7-14(8-16)20-11-13;;/h7,11-12H,3-6,8-10,16H2,1-2H3;2*1H. The molecule has 0 radical (unpaired) electrons. The highest BCUT2D eigenvalue weighted by Gasteiger charge is 2.28. The number of hydrogen-bond donors (Lipinski definition) is 1. The van der Waals surface area contributed by atoms with Crippen molar-refractivity contribution in [2.45, 2.75) is 26.8 Å². The molecule has 128 valence electrons. The second-order valence-corrected chi connectivity index (χ2v) is 5.40. The van der Waals surface area contributed by atoms with Crippen LogP contribution < -0.4 is 5.73 Å². The number of hydrogen-bond acceptors (Lipinski definition) is 4. The Morgan fingerprint density at radius 2 is 2.09 bits per heavy atom. The topological polar surface area (TPSA) is 62.7 Å². The molecule has 0 saturated carbocycles. The number of amides is 1. The zero-order valence-electron chi connectivity index (χ0n) is 13.3. The van der Waals surface area contributed by atoms with Crippen molar-refractivity contribution >= 4 is 30.7 Å². The van der Waals surface area contributed by atoms with E-state index in [0.717, 1.165) is 39.1 Å². The van der Waals surface area contributed by atoms with Crippen LogP contribution >= 0.6 is 24.8 Å². The van der Waals surface area contributed by atoms with Crippen LogP contribution in [0.4, 0.5) is 0 Å². The highest BCUT2D eigenvalue weighted by atomic mass is 35.5. The number of nitrogens with two attached hydrogens (primary N) is 1. The van der Waals surface area contributed by atoms with Crippen LogP contribution in [-0.2, 0) is 6.54 Å². The SMILES string of the molecule is CCN(CC)CC1CCN(C(=O)c2coc(CN)c2)C1.Cl.Cl. The largest absolute Gasteiger partial charge is 0.467 e. The average molecular weight is 352 g/mol. The smallest absolute Gasteiger partial charge is 0.257 e. The Bertz CT molecular complexity index is 450. The number of carbonyl (C=O) groups excluding carboxylic acids is 1. The molecule has 0 spiro atoms. The van der Waals surface area contributed by atoms with E-state index in [1.807, 2.05) is 4.90 Å². The first-order chi connectivity index (χ1) is 9.67. The quantitative estimate of drug-likeness (QED) is 0.854. The second kappa shape index (κ2) is 10.1. The van der Waals surface area contributed by atoms with Crippen LogP contribution in [0.1, 0.15) is 36.4 Å². The molecule has 7 heteroatoms. The van der Waals surface area contributed by atoms with Gasteiger partial charge in [0.05, 0.1) is 12.1 Å². The predicted molar refractivity (Wildman–Crippen MR) is 92.9 cm³/mol. The third-order valence-corrected chi connectivity index (χ3v) is 4.09. The lowest BCUT2D eigenvalue weighted by atomic mass is 10.1. The molecule has 2 N–H and O–H groups in total. The molecule has 5 nitrogen and oxygen atoms in total. The first-order valence-corrected chi connectivity index (χ1v) is 7.47. The van der Waals surface area contributed by atoms with E-state index in [1.165, 1.54) is 6.26 Å². The highest BCUT2D eigenvalue weighted by molar-refractivity contribution is 5.94. The summed E-state index contributed by atoms with van der Waals surface area (Å²) in [5, 5.41) is 0. The molecule has 1 saturated heterocycles. The molecule has 0 bridgehead atoms. The molecule has 0 aromatic carbocycles. The summed E-state index contributed by atoms with van der Waals surface area (Å²) in [4.78, 5) is 16.7. The minimum atomic E-state index is 0. The highest BCUT2D eigenvalue weighted by Crippen LogP contribution is 2.20. The number of nitrogens with zero attached hydrogens (tertiary/aromatic N) is 2. The summed E-state index contributed by atoms with van der Waals surface area (Å²) in [7, 11) is 0. The fourth-order valence-corrected chi connectivity index (χ4v) is 2.80. The molecule has 1 unspecified atom stereocenters. The monoisotopic (exact) mass is 351 g/mol. The Labute approximate surface area is 145 Å². The molecule has 1 aliphatic rings. The maximum atomic E-state index is 12.4. The maximum Gasteiger partial charge on any atom is 0.257 e. The van der Waals surface area contributed by atoms with Gasteiger partial charge in [0, 0.05) is 19.6 Å². The lowest BCUT2D eigenvalue weighted by Crippen LogP contribution is -2.33. The van der Waals surface area contributed by atoms with Gasteiger partial charge in [-0.05, 0) is 31.5 Å². The van der Waals surface area contributed by atoms with Gasteiger partial charge in [-0.15, -0.1) is 24.8 Å². The Kier molecular flexibility index (Phi) is 9.76. The van der Waals surface area contributed by atoms with E-state index in [1.54, 1.807) is 6.07 Å². The van der Waals surface area contributed by atoms with Crippen LogP contribution in [0, 0.1) is 5.92 Å². The van der Waals surface area contributed by atoms with Crippen LogP contribution in [-0.4, -0.2) is 48.4 Å². The summed E-state index contributed by atoms with van der Waals surface area (Å²) in [6, 6.07) is 1.75. The number of furan rings is 1. The zero-order valence-corrected chi connectivity index (χ0v) is 14.9. The van der Waals surface area contributed by atoms with E-state index in [-0.39, 0.29) is 30.7 Å². The lowest BCUT2D eigenvalue weighted by molar-refractivity contribution is 0.0783. The van der Waals surface area contributed by atoms with Crippen molar-refractivity contribution in [3.63, 3.8) is 0 Å². The summed E-state index contributed by atoms with van der Waals surface area (Å²) < 4.78 is 5.24. The van der Waals surface area contributed by atoms with Crippen LogP contribution in [0.2, 0.25) is 0 Å². The Balaban J connectivity index is 0.00000220.